The molecule has 0 bridgehead atoms. The topological polar surface area (TPSA) is 164 Å². The Morgan fingerprint density at radius 2 is 1.97 bits per heavy atom. The molecule has 2 atom stereocenters. The van der Waals surface area contributed by atoms with Crippen molar-refractivity contribution >= 4 is 51.8 Å². The molecule has 0 spiro atoms. The van der Waals surface area contributed by atoms with Crippen LogP contribution in [0.1, 0.15) is 32.1 Å². The highest BCUT2D eigenvalue weighted by atomic mass is 79.9. The number of halogens is 2. The van der Waals surface area contributed by atoms with Gasteiger partial charge in [0.25, 0.3) is 5.96 Å². The Hall–Kier alpha value is -2.44. The molecule has 2 amide bonds. The predicted octanol–water partition coefficient (Wildman–Crippen LogP) is 1.31. The van der Waals surface area contributed by atoms with Crippen molar-refractivity contribution < 1.29 is 14.6 Å². The number of nitrogens with one attached hydrogen (secondary N) is 4. The molecule has 1 aliphatic heterocycles. The van der Waals surface area contributed by atoms with Crippen LogP contribution in [0.15, 0.2) is 33.7 Å². The lowest BCUT2D eigenvalue weighted by molar-refractivity contribution is -0.525. The summed E-state index contributed by atoms with van der Waals surface area (Å²) in [6.07, 6.45) is 3.02. The summed E-state index contributed by atoms with van der Waals surface area (Å²) in [6.45, 7) is 0.900. The summed E-state index contributed by atoms with van der Waals surface area (Å²) in [6, 6.07) is 6.89. The number of hydrogen-bond donors (Lipinski definition) is 5. The molecule has 0 aromatic heterocycles. The Labute approximate surface area is 194 Å². The molecule has 172 valence electrons. The molecular weight excluding hydrogens is 494 g/mol. The summed E-state index contributed by atoms with van der Waals surface area (Å²) >= 11 is 3.35. The molecule has 2 rings (SSSR count). The number of amides is 2. The summed E-state index contributed by atoms with van der Waals surface area (Å²) in [5.74, 6) is -0.417. The largest absolute Gasteiger partial charge is 0.365 e. The van der Waals surface area contributed by atoms with E-state index in [4.69, 9.17) is 5.73 Å². The molecule has 1 aromatic rings. The van der Waals surface area contributed by atoms with Gasteiger partial charge in [0.1, 0.15) is 0 Å². The van der Waals surface area contributed by atoms with Crippen molar-refractivity contribution in [3.63, 3.8) is 0 Å². The van der Waals surface area contributed by atoms with Gasteiger partial charge in [0, 0.05) is 35.7 Å². The number of unbranched alkanes of at least 4 members (excludes halogenated alkanes) is 2. The molecular formula is C18H27BrClN7O4. The van der Waals surface area contributed by atoms with Crippen LogP contribution in [0.5, 0.6) is 0 Å². The number of nitro groups is 1. The maximum Gasteiger partial charge on any atom is 0.251 e. The van der Waals surface area contributed by atoms with Gasteiger partial charge < -0.3 is 21.7 Å². The van der Waals surface area contributed by atoms with Crippen LogP contribution in [0, 0.1) is 10.1 Å². The zero-order valence-electron chi connectivity index (χ0n) is 16.8. The monoisotopic (exact) mass is 519 g/mol. The molecule has 1 heterocycles. The summed E-state index contributed by atoms with van der Waals surface area (Å²) in [5, 5.41) is 18.3. The fourth-order valence-electron chi connectivity index (χ4n) is 3.01. The molecule has 0 radical (unpaired) electrons. The fourth-order valence-corrected chi connectivity index (χ4v) is 3.27. The quantitative estimate of drug-likeness (QED) is 0.102. The first-order chi connectivity index (χ1) is 14.3. The first kappa shape index (κ1) is 26.6. The second-order valence-electron chi connectivity index (χ2n) is 6.90. The van der Waals surface area contributed by atoms with E-state index in [0.717, 1.165) is 16.6 Å². The van der Waals surface area contributed by atoms with Crippen LogP contribution in [0.2, 0.25) is 0 Å². The van der Waals surface area contributed by atoms with E-state index in [0.29, 0.717) is 38.8 Å². The number of guanidine groups is 1. The summed E-state index contributed by atoms with van der Waals surface area (Å²) in [5.41, 5.74) is 7.80. The van der Waals surface area contributed by atoms with Gasteiger partial charge in [-0.15, -0.1) is 12.4 Å². The van der Waals surface area contributed by atoms with Gasteiger partial charge in [-0.25, -0.2) is 15.1 Å². The van der Waals surface area contributed by atoms with E-state index in [9.17, 15) is 19.7 Å². The number of nitrogens with two attached hydrogens (primary N) is 1. The van der Waals surface area contributed by atoms with Crippen molar-refractivity contribution in [2.24, 2.45) is 10.7 Å². The van der Waals surface area contributed by atoms with Crippen LogP contribution in [0.3, 0.4) is 0 Å². The number of carbonyl (C=O) groups excluding carboxylic acids is 2. The Morgan fingerprint density at radius 1 is 1.26 bits per heavy atom. The van der Waals surface area contributed by atoms with Crippen LogP contribution < -0.4 is 27.1 Å². The van der Waals surface area contributed by atoms with Gasteiger partial charge in [0.05, 0.1) is 6.04 Å². The average Bonchev–Trinajstić information content (AvgIpc) is 3.14. The Bertz CT molecular complexity index is 779. The third-order valence-corrected chi connectivity index (χ3v) is 5.00. The van der Waals surface area contributed by atoms with Crippen molar-refractivity contribution in [2.45, 2.75) is 44.2 Å². The second-order valence-corrected chi connectivity index (χ2v) is 7.82. The molecule has 1 aromatic carbocycles. The van der Waals surface area contributed by atoms with E-state index < -0.39 is 5.03 Å². The van der Waals surface area contributed by atoms with Crippen LogP contribution in [-0.2, 0) is 9.59 Å². The molecule has 0 aliphatic carbocycles. The molecule has 1 fully saturated rings. The van der Waals surface area contributed by atoms with E-state index in [-0.39, 0.29) is 42.3 Å². The van der Waals surface area contributed by atoms with E-state index in [2.05, 4.69) is 36.9 Å². The standard InChI is InChI=1S/C18H26BrN7O4.ClH/c19-12-5-7-13(8-6-12)24-17(28)15-10-14(11-22-15)23-16(27)4-2-1-3-9-21-18(20)25-26(29)30;/h5-8,14-15,22H,1-4,9-11H2,(H,23,27)(H,24,28)(H3,20,21,25);1H/t14-,15-;/m0./s1. The predicted molar refractivity (Wildman–Crippen MR) is 123 cm³/mol. The van der Waals surface area contributed by atoms with Gasteiger partial charge in [-0.3, -0.25) is 9.59 Å². The summed E-state index contributed by atoms with van der Waals surface area (Å²) in [4.78, 5) is 38.4. The number of nitrogens with zero attached hydrogens (tertiary/aromatic N) is 2. The van der Waals surface area contributed by atoms with Gasteiger partial charge in [-0.2, -0.15) is 0 Å². The number of aliphatic imine (C=N–C) groups is 1. The van der Waals surface area contributed by atoms with E-state index >= 15 is 0 Å². The van der Waals surface area contributed by atoms with Gasteiger partial charge in [-0.1, -0.05) is 27.8 Å². The number of hydrogen-bond acceptors (Lipinski definition) is 6. The van der Waals surface area contributed by atoms with Crippen LogP contribution in [-0.4, -0.2) is 48.0 Å². The smallest absolute Gasteiger partial charge is 0.251 e. The Balaban J connectivity index is 0.00000480. The van der Waals surface area contributed by atoms with Crippen molar-refractivity contribution in [3.8, 4) is 0 Å². The molecule has 0 unspecified atom stereocenters. The highest BCUT2D eigenvalue weighted by Gasteiger charge is 2.30. The molecule has 1 aliphatic rings. The third kappa shape index (κ3) is 10.4. The number of rotatable bonds is 10. The van der Waals surface area contributed by atoms with Crippen molar-refractivity contribution in [3.05, 3.63) is 38.9 Å². The highest BCUT2D eigenvalue weighted by Crippen LogP contribution is 2.16. The average molecular weight is 521 g/mol. The van der Waals surface area contributed by atoms with Crippen molar-refractivity contribution in [2.75, 3.05) is 18.4 Å². The lowest BCUT2D eigenvalue weighted by atomic mass is 10.1. The SMILES string of the molecule is Cl.NC(=NCCCCCC(=O)N[C@@H]1CN[C@H](C(=O)Nc2ccc(Br)cc2)C1)N[N+](=O)[O-]. The lowest BCUT2D eigenvalue weighted by Gasteiger charge is -2.13. The first-order valence-electron chi connectivity index (χ1n) is 9.63. The second kappa shape index (κ2) is 13.8. The zero-order chi connectivity index (χ0) is 21.9. The van der Waals surface area contributed by atoms with E-state index in [1.54, 1.807) is 5.43 Å². The number of benzene rings is 1. The summed E-state index contributed by atoms with van der Waals surface area (Å²) < 4.78 is 0.936. The Kier molecular flexibility index (Phi) is 11.8. The minimum absolute atomic E-state index is 0. The Morgan fingerprint density at radius 3 is 2.65 bits per heavy atom. The molecule has 6 N–H and O–H groups in total. The molecule has 0 saturated carbocycles. The maximum absolute atomic E-state index is 12.4. The summed E-state index contributed by atoms with van der Waals surface area (Å²) in [7, 11) is 0. The molecule has 31 heavy (non-hydrogen) atoms. The van der Waals surface area contributed by atoms with Gasteiger partial charge in [0.15, 0.2) is 5.03 Å². The van der Waals surface area contributed by atoms with Gasteiger partial charge in [-0.05, 0) is 43.5 Å². The van der Waals surface area contributed by atoms with Gasteiger partial charge in [0.2, 0.25) is 11.8 Å². The third-order valence-electron chi connectivity index (χ3n) is 4.47. The minimum Gasteiger partial charge on any atom is -0.365 e. The number of anilines is 1. The number of carbonyl (C=O) groups is 2. The minimum atomic E-state index is -0.768. The normalized spacial score (nSPS) is 18.0. The fraction of sp³-hybridized carbons (Fsp3) is 0.500. The number of hydrazine groups is 1. The van der Waals surface area contributed by atoms with Crippen LogP contribution in [0.25, 0.3) is 0 Å². The van der Waals surface area contributed by atoms with Crippen molar-refractivity contribution in [1.82, 2.24) is 16.1 Å². The molecule has 13 heteroatoms. The van der Waals surface area contributed by atoms with Gasteiger partial charge >= 0.3 is 0 Å². The van der Waals surface area contributed by atoms with Crippen LogP contribution >= 0.6 is 28.3 Å². The van der Waals surface area contributed by atoms with Crippen LogP contribution in [0.4, 0.5) is 5.69 Å². The molecule has 1 saturated heterocycles. The van der Waals surface area contributed by atoms with E-state index in [1.165, 1.54) is 0 Å². The molecule has 11 nitrogen and oxygen atoms in total. The first-order valence-corrected chi connectivity index (χ1v) is 10.4. The highest BCUT2D eigenvalue weighted by molar-refractivity contribution is 9.10. The maximum atomic E-state index is 12.4. The lowest BCUT2D eigenvalue weighted by Crippen LogP contribution is -2.36. The van der Waals surface area contributed by atoms with E-state index in [1.807, 2.05) is 24.3 Å². The van der Waals surface area contributed by atoms with Crippen molar-refractivity contribution in [1.29, 1.82) is 0 Å². The zero-order valence-corrected chi connectivity index (χ0v) is 19.2.